The molecule has 1 fully saturated rings. The molecule has 0 unspecified atom stereocenters. The second kappa shape index (κ2) is 8.17. The highest BCUT2D eigenvalue weighted by atomic mass is 35.5. The number of halogens is 1. The summed E-state index contributed by atoms with van der Waals surface area (Å²) in [6, 6.07) is 14.6. The summed E-state index contributed by atoms with van der Waals surface area (Å²) in [4.78, 5) is 29.3. The molecule has 3 aromatic rings. The van der Waals surface area contributed by atoms with Gasteiger partial charge in [0.1, 0.15) is 5.56 Å². The van der Waals surface area contributed by atoms with E-state index in [0.717, 1.165) is 5.69 Å². The van der Waals surface area contributed by atoms with Gasteiger partial charge in [-0.2, -0.15) is 0 Å². The number of piperazine rings is 1. The number of nitrogens with zero attached hydrogens (tertiary/aromatic N) is 2. The van der Waals surface area contributed by atoms with Crippen molar-refractivity contribution in [1.29, 1.82) is 0 Å². The Morgan fingerprint density at radius 3 is 2.52 bits per heavy atom. The van der Waals surface area contributed by atoms with Gasteiger partial charge in [-0.1, -0.05) is 23.7 Å². The Labute approximate surface area is 173 Å². The van der Waals surface area contributed by atoms with Gasteiger partial charge in [-0.3, -0.25) is 4.79 Å². The molecule has 6 nitrogen and oxygen atoms in total. The van der Waals surface area contributed by atoms with Gasteiger partial charge in [-0.05, 0) is 43.3 Å². The van der Waals surface area contributed by atoms with Crippen LogP contribution in [0, 0.1) is 0 Å². The van der Waals surface area contributed by atoms with Crippen molar-refractivity contribution in [2.24, 2.45) is 0 Å². The molecule has 0 N–H and O–H groups in total. The van der Waals surface area contributed by atoms with Crippen LogP contribution in [-0.2, 0) is 0 Å². The second-order valence-electron chi connectivity index (χ2n) is 6.81. The summed E-state index contributed by atoms with van der Waals surface area (Å²) in [5, 5.41) is 1.36. The van der Waals surface area contributed by atoms with Crippen LogP contribution >= 0.6 is 11.6 Å². The molecule has 1 aromatic heterocycles. The van der Waals surface area contributed by atoms with Crippen LogP contribution in [0.2, 0.25) is 5.02 Å². The van der Waals surface area contributed by atoms with E-state index in [1.165, 1.54) is 0 Å². The van der Waals surface area contributed by atoms with E-state index in [2.05, 4.69) is 4.90 Å². The van der Waals surface area contributed by atoms with Gasteiger partial charge in [-0.25, -0.2) is 4.79 Å². The zero-order valence-electron chi connectivity index (χ0n) is 16.1. The van der Waals surface area contributed by atoms with Crippen LogP contribution in [0.3, 0.4) is 0 Å². The largest absolute Gasteiger partial charge is 0.490 e. The lowest BCUT2D eigenvalue weighted by atomic mass is 10.1. The summed E-state index contributed by atoms with van der Waals surface area (Å²) >= 11 is 5.95. The zero-order valence-corrected chi connectivity index (χ0v) is 16.8. The zero-order chi connectivity index (χ0) is 20.4. The number of benzene rings is 2. The average molecular weight is 413 g/mol. The van der Waals surface area contributed by atoms with Crippen LogP contribution in [0.5, 0.6) is 5.75 Å². The van der Waals surface area contributed by atoms with Crippen LogP contribution in [0.15, 0.2) is 57.7 Å². The highest BCUT2D eigenvalue weighted by Crippen LogP contribution is 2.25. The third-order valence-electron chi connectivity index (χ3n) is 5.01. The number of hydrogen-bond donors (Lipinski definition) is 0. The highest BCUT2D eigenvalue weighted by Gasteiger charge is 2.25. The normalized spacial score (nSPS) is 14.3. The molecule has 1 aliphatic heterocycles. The van der Waals surface area contributed by atoms with E-state index in [1.54, 1.807) is 23.1 Å². The fourth-order valence-electron chi connectivity index (χ4n) is 3.53. The molecule has 2 aromatic carbocycles. The van der Waals surface area contributed by atoms with Crippen molar-refractivity contribution >= 4 is 34.2 Å². The maximum atomic E-state index is 13.0. The molecule has 4 rings (SSSR count). The first-order valence-corrected chi connectivity index (χ1v) is 9.94. The molecule has 29 heavy (non-hydrogen) atoms. The molecule has 1 saturated heterocycles. The standard InChI is InChI=1S/C22H21ClN2O4/c1-2-28-19-5-3-4-15-14-18(22(27)29-20(15)19)21(26)25-12-10-24(11-13-25)17-8-6-16(23)7-9-17/h3-9,14H,2,10-13H2,1H3. The number of ether oxygens (including phenoxy) is 1. The number of amides is 1. The molecule has 0 bridgehead atoms. The van der Waals surface area contributed by atoms with Gasteiger partial charge in [-0.15, -0.1) is 0 Å². The lowest BCUT2D eigenvalue weighted by molar-refractivity contribution is 0.0742. The number of fused-ring (bicyclic) bond motifs is 1. The van der Waals surface area contributed by atoms with E-state index in [0.29, 0.717) is 54.5 Å². The number of anilines is 1. The molecule has 0 atom stereocenters. The van der Waals surface area contributed by atoms with Crippen LogP contribution in [-0.4, -0.2) is 43.6 Å². The van der Waals surface area contributed by atoms with Crippen molar-refractivity contribution in [2.75, 3.05) is 37.7 Å². The van der Waals surface area contributed by atoms with E-state index < -0.39 is 5.63 Å². The minimum absolute atomic E-state index is 0.0473. The molecule has 7 heteroatoms. The van der Waals surface area contributed by atoms with Gasteiger partial charge in [0, 0.05) is 42.3 Å². The van der Waals surface area contributed by atoms with Crippen LogP contribution in [0.1, 0.15) is 17.3 Å². The number of carbonyl (C=O) groups excluding carboxylic acids is 1. The third-order valence-corrected chi connectivity index (χ3v) is 5.26. The van der Waals surface area contributed by atoms with Crippen LogP contribution < -0.4 is 15.3 Å². The summed E-state index contributed by atoms with van der Waals surface area (Å²) in [5.74, 6) is 0.191. The minimum Gasteiger partial charge on any atom is -0.490 e. The molecule has 0 aliphatic carbocycles. The highest BCUT2D eigenvalue weighted by molar-refractivity contribution is 6.30. The van der Waals surface area contributed by atoms with Gasteiger partial charge >= 0.3 is 5.63 Å². The van der Waals surface area contributed by atoms with E-state index in [4.69, 9.17) is 20.8 Å². The molecule has 0 radical (unpaired) electrons. The Morgan fingerprint density at radius 2 is 1.83 bits per heavy atom. The summed E-state index contributed by atoms with van der Waals surface area (Å²) in [6.07, 6.45) is 0. The molecule has 0 saturated carbocycles. The molecule has 1 aliphatic rings. The van der Waals surface area contributed by atoms with Gasteiger partial charge in [0.05, 0.1) is 6.61 Å². The predicted octanol–water partition coefficient (Wildman–Crippen LogP) is 3.81. The molecular weight excluding hydrogens is 392 g/mol. The molecule has 0 spiro atoms. The number of carbonyl (C=O) groups is 1. The van der Waals surface area contributed by atoms with E-state index in [9.17, 15) is 9.59 Å². The average Bonchev–Trinajstić information content (AvgIpc) is 2.74. The lowest BCUT2D eigenvalue weighted by Crippen LogP contribution is -2.49. The van der Waals surface area contributed by atoms with E-state index >= 15 is 0 Å². The monoisotopic (exact) mass is 412 g/mol. The molecule has 1 amide bonds. The maximum absolute atomic E-state index is 13.0. The van der Waals surface area contributed by atoms with Gasteiger partial charge in [0.2, 0.25) is 0 Å². The van der Waals surface area contributed by atoms with E-state index in [-0.39, 0.29) is 11.5 Å². The third kappa shape index (κ3) is 3.93. The van der Waals surface area contributed by atoms with Crippen molar-refractivity contribution in [3.05, 3.63) is 69.5 Å². The van der Waals surface area contributed by atoms with Crippen molar-refractivity contribution in [3.63, 3.8) is 0 Å². The van der Waals surface area contributed by atoms with Crippen LogP contribution in [0.25, 0.3) is 11.0 Å². The summed E-state index contributed by atoms with van der Waals surface area (Å²) in [5.41, 5.74) is 0.833. The Kier molecular flexibility index (Phi) is 5.45. The first-order valence-electron chi connectivity index (χ1n) is 9.56. The second-order valence-corrected chi connectivity index (χ2v) is 7.25. The Balaban J connectivity index is 1.53. The first-order chi connectivity index (χ1) is 14.1. The van der Waals surface area contributed by atoms with Crippen molar-refractivity contribution in [3.8, 4) is 5.75 Å². The van der Waals surface area contributed by atoms with Gasteiger partial charge < -0.3 is 19.0 Å². The summed E-state index contributed by atoms with van der Waals surface area (Å²) in [6.45, 7) is 4.73. The smallest absolute Gasteiger partial charge is 0.349 e. The van der Waals surface area contributed by atoms with Crippen LogP contribution in [0.4, 0.5) is 5.69 Å². The molecule has 2 heterocycles. The van der Waals surface area contributed by atoms with Gasteiger partial charge in [0.15, 0.2) is 11.3 Å². The SMILES string of the molecule is CCOc1cccc2cc(C(=O)N3CCN(c4ccc(Cl)cc4)CC3)c(=O)oc12. The van der Waals surface area contributed by atoms with Crippen molar-refractivity contribution in [1.82, 2.24) is 4.90 Å². The fourth-order valence-corrected chi connectivity index (χ4v) is 3.65. The summed E-state index contributed by atoms with van der Waals surface area (Å²) < 4.78 is 10.9. The van der Waals surface area contributed by atoms with Crippen molar-refractivity contribution in [2.45, 2.75) is 6.92 Å². The lowest BCUT2D eigenvalue weighted by Gasteiger charge is -2.36. The van der Waals surface area contributed by atoms with Gasteiger partial charge in [0.25, 0.3) is 5.91 Å². The topological polar surface area (TPSA) is 63.0 Å². The Morgan fingerprint density at radius 1 is 1.10 bits per heavy atom. The first kappa shape index (κ1) is 19.3. The molecule has 150 valence electrons. The Bertz CT molecular complexity index is 1090. The molecular formula is C22H21ClN2O4. The number of hydrogen-bond acceptors (Lipinski definition) is 5. The number of rotatable bonds is 4. The fraction of sp³-hybridized carbons (Fsp3) is 0.273. The predicted molar refractivity (Wildman–Crippen MR) is 113 cm³/mol. The quantitative estimate of drug-likeness (QED) is 0.610. The minimum atomic E-state index is -0.644. The Hall–Kier alpha value is -2.99. The number of para-hydroxylation sites is 1. The maximum Gasteiger partial charge on any atom is 0.349 e. The van der Waals surface area contributed by atoms with Crippen molar-refractivity contribution < 1.29 is 13.9 Å². The van der Waals surface area contributed by atoms with E-state index in [1.807, 2.05) is 37.3 Å². The summed E-state index contributed by atoms with van der Waals surface area (Å²) in [7, 11) is 0.